The Morgan fingerprint density at radius 1 is 1.07 bits per heavy atom. The zero-order chi connectivity index (χ0) is 20.2. The lowest BCUT2D eigenvalue weighted by Gasteiger charge is -2.35. The fourth-order valence-corrected chi connectivity index (χ4v) is 5.11. The molecule has 5 heteroatoms. The van der Waals surface area contributed by atoms with Crippen molar-refractivity contribution in [1.82, 2.24) is 4.90 Å². The summed E-state index contributed by atoms with van der Waals surface area (Å²) in [6.07, 6.45) is 6.52. The maximum atomic E-state index is 13.5. The molecule has 2 atom stereocenters. The van der Waals surface area contributed by atoms with Gasteiger partial charge in [0.2, 0.25) is 0 Å². The van der Waals surface area contributed by atoms with Crippen molar-refractivity contribution < 1.29 is 9.53 Å². The minimum atomic E-state index is 0.0503. The monoisotopic (exact) mass is 406 g/mol. The van der Waals surface area contributed by atoms with Gasteiger partial charge < -0.3 is 4.74 Å². The van der Waals surface area contributed by atoms with Crippen molar-refractivity contribution >= 4 is 34.6 Å². The maximum Gasteiger partial charge on any atom is 0.267 e. The van der Waals surface area contributed by atoms with Gasteiger partial charge in [0.15, 0.2) is 5.17 Å². The van der Waals surface area contributed by atoms with Gasteiger partial charge in [-0.25, -0.2) is 4.99 Å². The molecule has 1 amide bonds. The summed E-state index contributed by atoms with van der Waals surface area (Å²) in [7, 11) is 1.65. The van der Waals surface area contributed by atoms with E-state index in [1.54, 1.807) is 7.11 Å². The standard InChI is InChI=1S/C24H26N2O2S/c1-17-10-6-8-14-20(17)26-23(27)22(16-18-11-7-9-15-21(18)28-2)29-24(26)25-19-12-4-3-5-13-19/h3-5,7,9,11-13,15-17,20H,6,8,10,14H2,1-2H3/b22-16-,25-24?/t17-,20-/m0/s1. The van der Waals surface area contributed by atoms with Crippen LogP contribution in [0.3, 0.4) is 0 Å². The molecule has 2 aromatic carbocycles. The molecule has 0 aromatic heterocycles. The molecule has 4 nitrogen and oxygen atoms in total. The molecule has 2 aromatic rings. The summed E-state index contributed by atoms with van der Waals surface area (Å²) in [6.45, 7) is 2.25. The zero-order valence-corrected chi connectivity index (χ0v) is 17.7. The van der Waals surface area contributed by atoms with Crippen molar-refractivity contribution in [2.24, 2.45) is 10.9 Å². The molecule has 150 valence electrons. The van der Waals surface area contributed by atoms with E-state index >= 15 is 0 Å². The first-order valence-corrected chi connectivity index (χ1v) is 11.0. The number of carbonyl (C=O) groups excluding carboxylic acids is 1. The fraction of sp³-hybridized carbons (Fsp3) is 0.333. The maximum absolute atomic E-state index is 13.5. The minimum Gasteiger partial charge on any atom is -0.496 e. The largest absolute Gasteiger partial charge is 0.496 e. The van der Waals surface area contributed by atoms with Crippen LogP contribution in [0.25, 0.3) is 6.08 Å². The van der Waals surface area contributed by atoms with Crippen molar-refractivity contribution in [3.05, 3.63) is 65.1 Å². The van der Waals surface area contributed by atoms with Gasteiger partial charge in [0.25, 0.3) is 5.91 Å². The lowest BCUT2D eigenvalue weighted by atomic mass is 9.85. The van der Waals surface area contributed by atoms with E-state index in [2.05, 4.69) is 6.92 Å². The molecule has 0 bridgehead atoms. The molecule has 0 unspecified atom stereocenters. The number of hydrogen-bond acceptors (Lipinski definition) is 4. The molecular formula is C24H26N2O2S. The van der Waals surface area contributed by atoms with E-state index in [0.29, 0.717) is 10.8 Å². The number of thioether (sulfide) groups is 1. The Morgan fingerprint density at radius 2 is 1.79 bits per heavy atom. The van der Waals surface area contributed by atoms with Crippen LogP contribution in [0.5, 0.6) is 5.75 Å². The average molecular weight is 407 g/mol. The van der Waals surface area contributed by atoms with Gasteiger partial charge in [0.1, 0.15) is 5.75 Å². The third-order valence-corrected chi connectivity index (χ3v) is 6.62. The normalized spacial score (nSPS) is 25.0. The lowest BCUT2D eigenvalue weighted by molar-refractivity contribution is -0.124. The van der Waals surface area contributed by atoms with Crippen molar-refractivity contribution in [1.29, 1.82) is 0 Å². The van der Waals surface area contributed by atoms with Crippen molar-refractivity contribution in [3.63, 3.8) is 0 Å². The summed E-state index contributed by atoms with van der Waals surface area (Å²) >= 11 is 1.46. The second kappa shape index (κ2) is 8.87. The minimum absolute atomic E-state index is 0.0503. The summed E-state index contributed by atoms with van der Waals surface area (Å²) < 4.78 is 5.46. The van der Waals surface area contributed by atoms with E-state index in [1.807, 2.05) is 65.6 Å². The Labute approximate surface area is 176 Å². The Morgan fingerprint density at radius 3 is 2.55 bits per heavy atom. The first-order chi connectivity index (χ1) is 14.2. The van der Waals surface area contributed by atoms with Crippen LogP contribution >= 0.6 is 11.8 Å². The molecule has 29 heavy (non-hydrogen) atoms. The second-order valence-electron chi connectivity index (χ2n) is 7.59. The van der Waals surface area contributed by atoms with Crippen molar-refractivity contribution in [3.8, 4) is 5.75 Å². The number of rotatable bonds is 4. The molecule has 4 rings (SSSR count). The molecule has 1 heterocycles. The third kappa shape index (κ3) is 4.25. The van der Waals surface area contributed by atoms with Crippen LogP contribution in [-0.4, -0.2) is 29.1 Å². The number of hydrogen-bond donors (Lipinski definition) is 0. The topological polar surface area (TPSA) is 41.9 Å². The number of amidine groups is 1. The van der Waals surface area contributed by atoms with E-state index in [4.69, 9.17) is 9.73 Å². The number of para-hydroxylation sites is 2. The van der Waals surface area contributed by atoms with Gasteiger partial charge in [0, 0.05) is 11.6 Å². The van der Waals surface area contributed by atoms with Gasteiger partial charge >= 0.3 is 0 Å². The summed E-state index contributed by atoms with van der Waals surface area (Å²) in [5.41, 5.74) is 1.78. The Kier molecular flexibility index (Phi) is 6.05. The molecule has 1 aliphatic carbocycles. The molecule has 1 aliphatic heterocycles. The van der Waals surface area contributed by atoms with Crippen molar-refractivity contribution in [2.75, 3.05) is 7.11 Å². The van der Waals surface area contributed by atoms with E-state index in [1.165, 1.54) is 18.2 Å². The average Bonchev–Trinajstić information content (AvgIpc) is 3.04. The molecular weight excluding hydrogens is 380 g/mol. The number of methoxy groups -OCH3 is 1. The van der Waals surface area contributed by atoms with E-state index < -0.39 is 0 Å². The van der Waals surface area contributed by atoms with E-state index in [-0.39, 0.29) is 11.9 Å². The first kappa shape index (κ1) is 19.8. The van der Waals surface area contributed by atoms with Gasteiger partial charge in [0.05, 0.1) is 17.7 Å². The number of nitrogens with zero attached hydrogens (tertiary/aromatic N) is 2. The van der Waals surface area contributed by atoms with Gasteiger partial charge in [-0.15, -0.1) is 0 Å². The number of amides is 1. The van der Waals surface area contributed by atoms with Crippen LogP contribution in [0.2, 0.25) is 0 Å². The molecule has 2 fully saturated rings. The highest BCUT2D eigenvalue weighted by molar-refractivity contribution is 8.18. The third-order valence-electron chi connectivity index (χ3n) is 5.64. The number of carbonyl (C=O) groups is 1. The predicted octanol–water partition coefficient (Wildman–Crippen LogP) is 5.88. The van der Waals surface area contributed by atoms with Crippen LogP contribution in [0, 0.1) is 5.92 Å². The van der Waals surface area contributed by atoms with Gasteiger partial charge in [-0.3, -0.25) is 9.69 Å². The van der Waals surface area contributed by atoms with E-state index in [9.17, 15) is 4.79 Å². The van der Waals surface area contributed by atoms with Crippen LogP contribution in [0.1, 0.15) is 38.2 Å². The summed E-state index contributed by atoms with van der Waals surface area (Å²) in [4.78, 5) is 21.0. The molecule has 1 saturated carbocycles. The molecule has 1 saturated heterocycles. The number of benzene rings is 2. The van der Waals surface area contributed by atoms with E-state index in [0.717, 1.165) is 41.4 Å². The fourth-order valence-electron chi connectivity index (χ4n) is 4.08. The molecule has 2 aliphatic rings. The highest BCUT2D eigenvalue weighted by Crippen LogP contribution is 2.40. The first-order valence-electron chi connectivity index (χ1n) is 10.2. The van der Waals surface area contributed by atoms with Gasteiger partial charge in [-0.05, 0) is 54.8 Å². The highest BCUT2D eigenvalue weighted by atomic mass is 32.2. The smallest absolute Gasteiger partial charge is 0.267 e. The lowest BCUT2D eigenvalue weighted by Crippen LogP contribution is -2.44. The molecule has 0 N–H and O–H groups in total. The Hall–Kier alpha value is -2.53. The van der Waals surface area contributed by atoms with Crippen LogP contribution in [0.15, 0.2) is 64.5 Å². The summed E-state index contributed by atoms with van der Waals surface area (Å²) in [6, 6.07) is 17.8. The van der Waals surface area contributed by atoms with Crippen LogP contribution in [0.4, 0.5) is 5.69 Å². The molecule has 0 radical (unpaired) electrons. The van der Waals surface area contributed by atoms with Gasteiger partial charge in [-0.2, -0.15) is 0 Å². The van der Waals surface area contributed by atoms with Crippen LogP contribution in [-0.2, 0) is 4.79 Å². The van der Waals surface area contributed by atoms with Crippen LogP contribution < -0.4 is 4.74 Å². The summed E-state index contributed by atoms with van der Waals surface area (Å²) in [5, 5.41) is 0.779. The number of aliphatic imine (C=N–C) groups is 1. The number of ether oxygens (including phenoxy) is 1. The SMILES string of the molecule is COc1ccccc1/C=C1\SC(=Nc2ccccc2)N([C@H]2CCCC[C@@H]2C)C1=O. The quantitative estimate of drug-likeness (QED) is 0.596. The van der Waals surface area contributed by atoms with Crippen molar-refractivity contribution in [2.45, 2.75) is 38.6 Å². The Balaban J connectivity index is 1.73. The Bertz CT molecular complexity index is 939. The highest BCUT2D eigenvalue weighted by Gasteiger charge is 2.41. The summed E-state index contributed by atoms with van der Waals surface area (Å²) in [5.74, 6) is 1.29. The second-order valence-corrected chi connectivity index (χ2v) is 8.60. The zero-order valence-electron chi connectivity index (χ0n) is 16.9. The predicted molar refractivity (Wildman–Crippen MR) is 120 cm³/mol. The molecule has 0 spiro atoms. The van der Waals surface area contributed by atoms with Gasteiger partial charge in [-0.1, -0.05) is 56.2 Å².